The fourth-order valence-corrected chi connectivity index (χ4v) is 2.50. The van der Waals surface area contributed by atoms with Gasteiger partial charge in [-0.1, -0.05) is 0 Å². The van der Waals surface area contributed by atoms with Gasteiger partial charge >= 0.3 is 0 Å². The summed E-state index contributed by atoms with van der Waals surface area (Å²) in [5, 5.41) is 10.2. The average molecular weight is 346 g/mol. The van der Waals surface area contributed by atoms with Crippen LogP contribution in [0.3, 0.4) is 0 Å². The van der Waals surface area contributed by atoms with Gasteiger partial charge in [0.05, 0.1) is 6.10 Å². The second-order valence-electron chi connectivity index (χ2n) is 6.81. The van der Waals surface area contributed by atoms with E-state index >= 15 is 0 Å². The lowest BCUT2D eigenvalue weighted by atomic mass is 9.88. The van der Waals surface area contributed by atoms with E-state index in [4.69, 9.17) is 11.5 Å². The van der Waals surface area contributed by atoms with Crippen molar-refractivity contribution in [1.29, 1.82) is 0 Å². The van der Waals surface area contributed by atoms with E-state index in [0.717, 1.165) is 18.2 Å². The summed E-state index contributed by atoms with van der Waals surface area (Å²) >= 11 is 0. The van der Waals surface area contributed by atoms with E-state index in [-0.39, 0.29) is 25.7 Å². The van der Waals surface area contributed by atoms with Crippen molar-refractivity contribution in [2.45, 2.75) is 57.3 Å². The van der Waals surface area contributed by atoms with Gasteiger partial charge in [0.25, 0.3) is 0 Å². The molecule has 1 rings (SSSR count). The normalized spacial score (nSPS) is 15.8. The predicted octanol–water partition coefficient (Wildman–Crippen LogP) is 2.22. The predicted molar refractivity (Wildman–Crippen MR) is 85.8 cm³/mol. The van der Waals surface area contributed by atoms with Gasteiger partial charge < -0.3 is 16.6 Å². The second-order valence-corrected chi connectivity index (χ2v) is 6.81. The Morgan fingerprint density at radius 2 is 1.79 bits per heavy atom. The number of nitrogens with two attached hydrogens (primary N) is 2. The Kier molecular flexibility index (Phi) is 7.23. The Morgan fingerprint density at radius 3 is 2.25 bits per heavy atom. The smallest absolute Gasteiger partial charge is 0.220 e. The van der Waals surface area contributed by atoms with Gasteiger partial charge in [0.2, 0.25) is 5.91 Å². The van der Waals surface area contributed by atoms with E-state index in [1.54, 1.807) is 0 Å². The molecular weight excluding hydrogens is 321 g/mol. The second kappa shape index (κ2) is 8.48. The van der Waals surface area contributed by atoms with Crippen LogP contribution >= 0.6 is 0 Å². The van der Waals surface area contributed by atoms with E-state index < -0.39 is 41.3 Å². The lowest BCUT2D eigenvalue weighted by molar-refractivity contribution is -0.123. The molecule has 0 fully saturated rings. The zero-order valence-electron chi connectivity index (χ0n) is 13.9. The minimum Gasteiger partial charge on any atom is -0.391 e. The Balaban J connectivity index is 2.65. The third-order valence-electron chi connectivity index (χ3n) is 3.90. The van der Waals surface area contributed by atoms with Crippen LogP contribution < -0.4 is 11.5 Å². The molecule has 0 aromatic heterocycles. The molecular formula is C17H25F3N2O2. The maximum atomic E-state index is 13.6. The maximum Gasteiger partial charge on any atom is 0.220 e. The first kappa shape index (κ1) is 20.4. The van der Waals surface area contributed by atoms with Crippen LogP contribution in [0.1, 0.15) is 38.7 Å². The SMILES string of the molecule is CC(C)(F)CCC(CC(O)C(N)Cc1cc(F)cc(F)c1)C(N)=O. The molecule has 1 aromatic carbocycles. The fourth-order valence-electron chi connectivity index (χ4n) is 2.50. The molecule has 1 aromatic rings. The molecule has 0 radical (unpaired) electrons. The first-order valence-electron chi connectivity index (χ1n) is 7.85. The molecule has 5 N–H and O–H groups in total. The molecule has 3 atom stereocenters. The fraction of sp³-hybridized carbons (Fsp3) is 0.588. The van der Waals surface area contributed by atoms with E-state index in [1.807, 2.05) is 0 Å². The van der Waals surface area contributed by atoms with Crippen LogP contribution in [0.15, 0.2) is 18.2 Å². The largest absolute Gasteiger partial charge is 0.391 e. The molecule has 136 valence electrons. The number of alkyl halides is 1. The number of aliphatic hydroxyl groups is 1. The molecule has 0 aliphatic rings. The van der Waals surface area contributed by atoms with Gasteiger partial charge in [-0.15, -0.1) is 0 Å². The molecule has 3 unspecified atom stereocenters. The molecule has 7 heteroatoms. The van der Waals surface area contributed by atoms with Gasteiger partial charge in [-0.3, -0.25) is 4.79 Å². The van der Waals surface area contributed by atoms with Crippen LogP contribution in [0, 0.1) is 17.6 Å². The van der Waals surface area contributed by atoms with Crippen LogP contribution in [-0.2, 0) is 11.2 Å². The number of hydrogen-bond acceptors (Lipinski definition) is 3. The Bertz CT molecular complexity index is 541. The van der Waals surface area contributed by atoms with E-state index in [1.165, 1.54) is 13.8 Å². The van der Waals surface area contributed by atoms with Crippen LogP contribution in [0.2, 0.25) is 0 Å². The molecule has 0 saturated heterocycles. The van der Waals surface area contributed by atoms with Gasteiger partial charge in [0.1, 0.15) is 17.3 Å². The molecule has 24 heavy (non-hydrogen) atoms. The Hall–Kier alpha value is -1.60. The lowest BCUT2D eigenvalue weighted by Gasteiger charge is -2.24. The molecule has 0 aliphatic carbocycles. The third kappa shape index (κ3) is 7.31. The van der Waals surface area contributed by atoms with Gasteiger partial charge in [0, 0.05) is 18.0 Å². The summed E-state index contributed by atoms with van der Waals surface area (Å²) in [6, 6.07) is 2.18. The summed E-state index contributed by atoms with van der Waals surface area (Å²) in [5.74, 6) is -2.81. The summed E-state index contributed by atoms with van der Waals surface area (Å²) in [6.45, 7) is 2.79. The van der Waals surface area contributed by atoms with Crippen LogP contribution in [0.5, 0.6) is 0 Å². The van der Waals surface area contributed by atoms with Gasteiger partial charge in [-0.05, 0) is 57.2 Å². The topological polar surface area (TPSA) is 89.3 Å². The van der Waals surface area contributed by atoms with Crippen molar-refractivity contribution in [1.82, 2.24) is 0 Å². The number of benzene rings is 1. The number of rotatable bonds is 9. The van der Waals surface area contributed by atoms with E-state index in [9.17, 15) is 23.1 Å². The number of carbonyl (C=O) groups is 1. The summed E-state index contributed by atoms with van der Waals surface area (Å²) in [7, 11) is 0. The van der Waals surface area contributed by atoms with E-state index in [0.29, 0.717) is 5.56 Å². The monoisotopic (exact) mass is 346 g/mol. The van der Waals surface area contributed by atoms with Crippen molar-refractivity contribution in [3.8, 4) is 0 Å². The van der Waals surface area contributed by atoms with Crippen LogP contribution in [0.25, 0.3) is 0 Å². The van der Waals surface area contributed by atoms with Crippen molar-refractivity contribution >= 4 is 5.91 Å². The molecule has 0 spiro atoms. The van der Waals surface area contributed by atoms with Crippen molar-refractivity contribution in [2.75, 3.05) is 0 Å². The molecule has 0 heterocycles. The van der Waals surface area contributed by atoms with Crippen LogP contribution in [-0.4, -0.2) is 28.8 Å². The average Bonchev–Trinajstić information content (AvgIpc) is 2.40. The molecule has 0 saturated carbocycles. The van der Waals surface area contributed by atoms with E-state index in [2.05, 4.69) is 0 Å². The number of carbonyl (C=O) groups excluding carboxylic acids is 1. The first-order valence-corrected chi connectivity index (χ1v) is 7.85. The molecule has 0 bridgehead atoms. The van der Waals surface area contributed by atoms with Crippen molar-refractivity contribution in [3.05, 3.63) is 35.4 Å². The standard InChI is InChI=1S/C17H25F3N2O2/c1-17(2,20)4-3-11(16(22)24)8-15(23)14(21)7-10-5-12(18)9-13(19)6-10/h5-6,9,11,14-15,23H,3-4,7-8,21H2,1-2H3,(H2,22,24). The molecule has 4 nitrogen and oxygen atoms in total. The maximum absolute atomic E-state index is 13.6. The summed E-state index contributed by atoms with van der Waals surface area (Å²) < 4.78 is 39.9. The number of aliphatic hydroxyl groups excluding tert-OH is 1. The molecule has 0 aliphatic heterocycles. The first-order chi connectivity index (χ1) is 11.0. The highest BCUT2D eigenvalue weighted by Crippen LogP contribution is 2.23. The summed E-state index contributed by atoms with van der Waals surface area (Å²) in [4.78, 5) is 11.5. The number of hydrogen-bond donors (Lipinski definition) is 3. The lowest BCUT2D eigenvalue weighted by Crippen LogP contribution is -2.40. The van der Waals surface area contributed by atoms with Crippen LogP contribution in [0.4, 0.5) is 13.2 Å². The Morgan fingerprint density at radius 1 is 1.25 bits per heavy atom. The third-order valence-corrected chi connectivity index (χ3v) is 3.90. The van der Waals surface area contributed by atoms with Gasteiger partial charge in [0.15, 0.2) is 0 Å². The summed E-state index contributed by atoms with van der Waals surface area (Å²) in [5.41, 5.74) is 10.0. The minimum atomic E-state index is -1.44. The highest BCUT2D eigenvalue weighted by Gasteiger charge is 2.26. The van der Waals surface area contributed by atoms with Crippen molar-refractivity contribution in [3.63, 3.8) is 0 Å². The molecule has 1 amide bonds. The highest BCUT2D eigenvalue weighted by atomic mass is 19.1. The van der Waals surface area contributed by atoms with Crippen molar-refractivity contribution in [2.24, 2.45) is 17.4 Å². The number of primary amides is 1. The zero-order valence-corrected chi connectivity index (χ0v) is 13.9. The summed E-state index contributed by atoms with van der Waals surface area (Å²) in [6.07, 6.45) is -0.772. The zero-order chi connectivity index (χ0) is 18.5. The quantitative estimate of drug-likeness (QED) is 0.640. The number of halogens is 3. The van der Waals surface area contributed by atoms with Gasteiger partial charge in [-0.25, -0.2) is 13.2 Å². The van der Waals surface area contributed by atoms with Crippen molar-refractivity contribution < 1.29 is 23.1 Å². The van der Waals surface area contributed by atoms with Gasteiger partial charge in [-0.2, -0.15) is 0 Å². The minimum absolute atomic E-state index is 0.0234. The number of amides is 1. The Labute approximate surface area is 140 Å². The highest BCUT2D eigenvalue weighted by molar-refractivity contribution is 5.76.